The van der Waals surface area contributed by atoms with Gasteiger partial charge in [-0.15, -0.1) is 0 Å². The highest BCUT2D eigenvalue weighted by Crippen LogP contribution is 2.23. The standard InChI is InChI=1S/C76H147N2/c1-4-7-10-13-16-19-22-25-28-31-34-37-40-43-46-49-52-55-58-61-64-67-70-74-75(71-68-65-62-59-56-53-50-47-44-41-38-35-32-29-26-23-20-17-14-11-8-5-2)77-73-78-76(74)72-69-66-63-60-57-54-51-48-45-42-39-36-33-30-27-24-21-18-15-12-9-6-3/h4-72H2,1-3H3. The third kappa shape index (κ3) is 56.9. The summed E-state index contributed by atoms with van der Waals surface area (Å²) in [7, 11) is 0. The van der Waals surface area contributed by atoms with Gasteiger partial charge in [0.15, 0.2) is 6.33 Å². The second-order valence-corrected chi connectivity index (χ2v) is 26.2. The van der Waals surface area contributed by atoms with Crippen molar-refractivity contribution in [1.82, 2.24) is 9.97 Å². The van der Waals surface area contributed by atoms with Gasteiger partial charge in [-0.3, -0.25) is 0 Å². The van der Waals surface area contributed by atoms with Crippen LogP contribution >= 0.6 is 0 Å². The van der Waals surface area contributed by atoms with Crippen molar-refractivity contribution in [2.75, 3.05) is 0 Å². The van der Waals surface area contributed by atoms with Gasteiger partial charge < -0.3 is 0 Å². The molecule has 0 aliphatic heterocycles. The maximum atomic E-state index is 4.87. The zero-order valence-corrected chi connectivity index (χ0v) is 54.7. The van der Waals surface area contributed by atoms with Gasteiger partial charge in [0.25, 0.3) is 0 Å². The van der Waals surface area contributed by atoms with E-state index in [-0.39, 0.29) is 0 Å². The molecule has 0 bridgehead atoms. The minimum atomic E-state index is 1.14. The zero-order valence-electron chi connectivity index (χ0n) is 54.7. The van der Waals surface area contributed by atoms with Crippen molar-refractivity contribution in [3.63, 3.8) is 0 Å². The lowest BCUT2D eigenvalue weighted by molar-refractivity contribution is 0.518. The second-order valence-electron chi connectivity index (χ2n) is 26.2. The number of unbranched alkanes of at least 4 members (excludes halogenated alkanes) is 63. The molecule has 461 valence electrons. The van der Waals surface area contributed by atoms with Crippen molar-refractivity contribution in [3.8, 4) is 0 Å². The Morgan fingerprint density at radius 1 is 0.167 bits per heavy atom. The number of nitrogens with zero attached hydrogens (tertiary/aromatic N) is 2. The van der Waals surface area contributed by atoms with Crippen LogP contribution in [-0.2, 0) is 19.3 Å². The molecule has 78 heavy (non-hydrogen) atoms. The van der Waals surface area contributed by atoms with Gasteiger partial charge in [0.05, 0.1) is 0 Å². The Hall–Kier alpha value is -0.920. The lowest BCUT2D eigenvalue weighted by atomic mass is 9.96. The molecule has 1 rings (SSSR count). The molecule has 0 amide bonds. The van der Waals surface area contributed by atoms with E-state index in [1.807, 2.05) is 0 Å². The SMILES string of the molecule is CCCCCCCCCCCCCCCCCCCCCCCCc1n[c]nc(CCCCCCCCCCCCCCCCCCCCCCCC)c1CCCCCCCCCCCCCCCCCCCCCCCC. The third-order valence-corrected chi connectivity index (χ3v) is 18.4. The Morgan fingerprint density at radius 2 is 0.295 bits per heavy atom. The number of hydrogen-bond donors (Lipinski definition) is 0. The van der Waals surface area contributed by atoms with Crippen molar-refractivity contribution < 1.29 is 0 Å². The van der Waals surface area contributed by atoms with Gasteiger partial charge in [-0.05, 0) is 44.1 Å². The topological polar surface area (TPSA) is 25.8 Å². The average Bonchev–Trinajstić information content (AvgIpc) is 3.46. The second kappa shape index (κ2) is 66.9. The lowest BCUT2D eigenvalue weighted by Crippen LogP contribution is -2.07. The number of hydrogen-bond acceptors (Lipinski definition) is 2. The summed E-state index contributed by atoms with van der Waals surface area (Å²) >= 11 is 0. The van der Waals surface area contributed by atoms with E-state index in [1.54, 1.807) is 0 Å². The van der Waals surface area contributed by atoms with Crippen LogP contribution in [0.4, 0.5) is 0 Å². The van der Waals surface area contributed by atoms with Crippen molar-refractivity contribution in [1.29, 1.82) is 0 Å². The van der Waals surface area contributed by atoms with Gasteiger partial charge in [-0.1, -0.05) is 425 Å². The molecule has 0 fully saturated rings. The smallest absolute Gasteiger partial charge is 0.198 e. The fraction of sp³-hybridized carbons (Fsp3) is 0.947. The van der Waals surface area contributed by atoms with E-state index in [0.29, 0.717) is 0 Å². The van der Waals surface area contributed by atoms with Crippen LogP contribution < -0.4 is 0 Å². The molecule has 1 heterocycles. The molecule has 0 spiro atoms. The van der Waals surface area contributed by atoms with Gasteiger partial charge in [0.1, 0.15) is 0 Å². The molecule has 0 aromatic carbocycles. The van der Waals surface area contributed by atoms with E-state index < -0.39 is 0 Å². The highest BCUT2D eigenvalue weighted by atomic mass is 14.8. The van der Waals surface area contributed by atoms with Crippen LogP contribution in [0.1, 0.15) is 461 Å². The van der Waals surface area contributed by atoms with E-state index in [9.17, 15) is 0 Å². The van der Waals surface area contributed by atoms with Crippen molar-refractivity contribution in [2.24, 2.45) is 0 Å². The summed E-state index contributed by atoms with van der Waals surface area (Å²) < 4.78 is 0. The molecule has 2 nitrogen and oxygen atoms in total. The molecule has 0 N–H and O–H groups in total. The van der Waals surface area contributed by atoms with Crippen LogP contribution in [0.15, 0.2) is 0 Å². The fourth-order valence-corrected chi connectivity index (χ4v) is 12.9. The minimum Gasteiger partial charge on any atom is -0.230 e. The van der Waals surface area contributed by atoms with Crippen molar-refractivity contribution in [2.45, 2.75) is 464 Å². The molecular formula is C76H147N2. The van der Waals surface area contributed by atoms with Crippen LogP contribution in [0, 0.1) is 6.33 Å². The molecule has 1 radical (unpaired) electrons. The molecule has 0 saturated heterocycles. The zero-order chi connectivity index (χ0) is 55.6. The average molecular weight is 1090 g/mol. The Kier molecular flexibility index (Phi) is 64.4. The van der Waals surface area contributed by atoms with Crippen LogP contribution in [0.25, 0.3) is 0 Å². The molecular weight excluding hydrogens is 941 g/mol. The number of rotatable bonds is 69. The van der Waals surface area contributed by atoms with Gasteiger partial charge in [-0.2, -0.15) is 0 Å². The Labute approximate surface area is 494 Å². The van der Waals surface area contributed by atoms with Crippen molar-refractivity contribution >= 4 is 0 Å². The molecule has 0 atom stereocenters. The van der Waals surface area contributed by atoms with Crippen LogP contribution in [0.5, 0.6) is 0 Å². The summed E-state index contributed by atoms with van der Waals surface area (Å²) in [6.07, 6.45) is 102. The Bertz CT molecular complexity index is 1160. The molecule has 0 aliphatic carbocycles. The van der Waals surface area contributed by atoms with Gasteiger partial charge in [-0.25, -0.2) is 9.97 Å². The van der Waals surface area contributed by atoms with E-state index in [4.69, 9.17) is 9.97 Å². The first-order valence-corrected chi connectivity index (χ1v) is 37.6. The summed E-state index contributed by atoms with van der Waals surface area (Å²) in [6.45, 7) is 6.95. The van der Waals surface area contributed by atoms with Crippen LogP contribution in [0.2, 0.25) is 0 Å². The van der Waals surface area contributed by atoms with E-state index in [1.165, 1.54) is 447 Å². The molecule has 1 aromatic rings. The normalized spacial score (nSPS) is 11.7. The monoisotopic (exact) mass is 1090 g/mol. The largest absolute Gasteiger partial charge is 0.230 e. The van der Waals surface area contributed by atoms with Gasteiger partial charge in [0, 0.05) is 11.4 Å². The number of aromatic nitrogens is 2. The predicted molar refractivity (Wildman–Crippen MR) is 354 cm³/mol. The first-order chi connectivity index (χ1) is 38.8. The van der Waals surface area contributed by atoms with E-state index in [2.05, 4.69) is 27.1 Å². The van der Waals surface area contributed by atoms with E-state index >= 15 is 0 Å². The number of aryl methyl sites for hydroxylation is 2. The summed E-state index contributed by atoms with van der Waals surface area (Å²) in [5.41, 5.74) is 4.25. The molecule has 0 saturated carbocycles. The summed E-state index contributed by atoms with van der Waals surface area (Å²) in [6, 6.07) is 0. The fourth-order valence-electron chi connectivity index (χ4n) is 12.9. The molecule has 2 heteroatoms. The highest BCUT2D eigenvalue weighted by molar-refractivity contribution is 5.25. The first-order valence-electron chi connectivity index (χ1n) is 37.6. The maximum Gasteiger partial charge on any atom is 0.198 e. The first kappa shape index (κ1) is 75.1. The molecule has 0 unspecified atom stereocenters. The molecule has 0 aliphatic rings. The molecule has 1 aromatic heterocycles. The van der Waals surface area contributed by atoms with Gasteiger partial charge >= 0.3 is 0 Å². The van der Waals surface area contributed by atoms with Crippen LogP contribution in [-0.4, -0.2) is 9.97 Å². The summed E-state index contributed by atoms with van der Waals surface area (Å²) in [5, 5.41) is 0. The maximum absolute atomic E-state index is 4.87. The predicted octanol–water partition coefficient (Wildman–Crippen LogP) is 27.7. The van der Waals surface area contributed by atoms with E-state index in [0.717, 1.165) is 12.8 Å². The Balaban J connectivity index is 2.25. The summed E-state index contributed by atoms with van der Waals surface area (Å²) in [5.74, 6) is 0. The van der Waals surface area contributed by atoms with Gasteiger partial charge in [0.2, 0.25) is 0 Å². The Morgan fingerprint density at radius 3 is 0.449 bits per heavy atom. The van der Waals surface area contributed by atoms with Crippen LogP contribution in [0.3, 0.4) is 0 Å². The third-order valence-electron chi connectivity index (χ3n) is 18.4. The minimum absolute atomic E-state index is 1.14. The lowest BCUT2D eigenvalue weighted by Gasteiger charge is -2.13. The highest BCUT2D eigenvalue weighted by Gasteiger charge is 2.12. The summed E-state index contributed by atoms with van der Waals surface area (Å²) in [4.78, 5) is 9.75. The quantitative estimate of drug-likeness (QED) is 0.0608. The van der Waals surface area contributed by atoms with Crippen molar-refractivity contribution in [3.05, 3.63) is 23.3 Å².